The smallest absolute Gasteiger partial charge is 0.164 e. The van der Waals surface area contributed by atoms with Crippen LogP contribution in [0.2, 0.25) is 5.15 Å². The average molecular weight is 330 g/mol. The number of hydrogen-bond donors (Lipinski definition) is 1. The van der Waals surface area contributed by atoms with Gasteiger partial charge in [0.2, 0.25) is 0 Å². The van der Waals surface area contributed by atoms with Crippen molar-refractivity contribution in [3.05, 3.63) is 41.8 Å². The summed E-state index contributed by atoms with van der Waals surface area (Å²) in [6, 6.07) is 9.74. The lowest BCUT2D eigenvalue weighted by Gasteiger charge is -2.31. The minimum absolute atomic E-state index is 0.526. The number of nitrogens with two attached hydrogens (primary N) is 1. The van der Waals surface area contributed by atoms with Crippen LogP contribution in [0.3, 0.4) is 0 Å². The summed E-state index contributed by atoms with van der Waals surface area (Å²) in [5.41, 5.74) is 10.6. The number of nitrogens with zero attached hydrogens (tertiary/aromatic N) is 4. The summed E-state index contributed by atoms with van der Waals surface area (Å²) in [6.07, 6.45) is 1.51. The maximum atomic E-state index is 6.19. The molecular weight excluding hydrogens is 314 g/mol. The van der Waals surface area contributed by atoms with Crippen molar-refractivity contribution in [3.8, 4) is 11.1 Å². The van der Waals surface area contributed by atoms with Gasteiger partial charge < -0.3 is 15.4 Å². The van der Waals surface area contributed by atoms with Crippen molar-refractivity contribution in [2.75, 3.05) is 36.9 Å². The molecule has 1 aliphatic rings. The van der Waals surface area contributed by atoms with E-state index in [0.29, 0.717) is 10.8 Å². The summed E-state index contributed by atoms with van der Waals surface area (Å²) in [5.74, 6) is 0. The van der Waals surface area contributed by atoms with Crippen molar-refractivity contribution >= 4 is 28.6 Å². The molecule has 0 spiro atoms. The molecule has 0 amide bonds. The van der Waals surface area contributed by atoms with Gasteiger partial charge in [-0.2, -0.15) is 5.10 Å². The van der Waals surface area contributed by atoms with Gasteiger partial charge in [-0.1, -0.05) is 11.6 Å². The fourth-order valence-corrected chi connectivity index (χ4v) is 3.13. The van der Waals surface area contributed by atoms with E-state index in [-0.39, 0.29) is 0 Å². The van der Waals surface area contributed by atoms with Crippen LogP contribution in [-0.4, -0.2) is 40.9 Å². The third-order valence-corrected chi connectivity index (χ3v) is 4.33. The number of rotatable bonds is 2. The number of benzene rings is 1. The number of pyridine rings is 1. The fraction of sp³-hybridized carbons (Fsp3) is 0.250. The number of halogens is 1. The number of hydrogen-bond acceptors (Lipinski definition) is 5. The highest BCUT2D eigenvalue weighted by Gasteiger charge is 2.18. The van der Waals surface area contributed by atoms with Gasteiger partial charge in [-0.15, -0.1) is 0 Å². The first-order valence-electron chi connectivity index (χ1n) is 7.45. The first-order chi connectivity index (χ1) is 11.2. The molecule has 0 radical (unpaired) electrons. The molecule has 1 aliphatic heterocycles. The highest BCUT2D eigenvalue weighted by atomic mass is 35.5. The SMILES string of the molecule is Nc1ccc(N2CCOCC2)c(-c2ccc(Cl)n3ncnc23)c1. The molecule has 0 unspecified atom stereocenters. The van der Waals surface area contributed by atoms with Crippen LogP contribution in [0.5, 0.6) is 0 Å². The zero-order valence-electron chi connectivity index (χ0n) is 12.4. The minimum Gasteiger partial charge on any atom is -0.399 e. The summed E-state index contributed by atoms with van der Waals surface area (Å²) in [6.45, 7) is 3.16. The van der Waals surface area contributed by atoms with E-state index in [1.165, 1.54) is 6.33 Å². The molecule has 2 N–H and O–H groups in total. The molecule has 118 valence electrons. The maximum absolute atomic E-state index is 6.19. The normalized spacial score (nSPS) is 15.3. The Balaban J connectivity index is 1.91. The van der Waals surface area contributed by atoms with Crippen LogP contribution in [0, 0.1) is 0 Å². The molecule has 0 bridgehead atoms. The summed E-state index contributed by atoms with van der Waals surface area (Å²) in [5, 5.41) is 4.70. The summed E-state index contributed by atoms with van der Waals surface area (Å²) < 4.78 is 7.08. The first-order valence-corrected chi connectivity index (χ1v) is 7.82. The molecule has 4 rings (SSSR count). The Kier molecular flexibility index (Phi) is 3.55. The zero-order valence-corrected chi connectivity index (χ0v) is 13.2. The second-order valence-electron chi connectivity index (χ2n) is 5.44. The van der Waals surface area contributed by atoms with E-state index in [9.17, 15) is 0 Å². The van der Waals surface area contributed by atoms with E-state index >= 15 is 0 Å². The van der Waals surface area contributed by atoms with E-state index in [4.69, 9.17) is 22.1 Å². The van der Waals surface area contributed by atoms with Gasteiger partial charge in [0.05, 0.1) is 13.2 Å². The second kappa shape index (κ2) is 5.72. The lowest BCUT2D eigenvalue weighted by Crippen LogP contribution is -2.36. The molecule has 1 aromatic carbocycles. The van der Waals surface area contributed by atoms with E-state index in [2.05, 4.69) is 21.0 Å². The molecule has 1 fully saturated rings. The van der Waals surface area contributed by atoms with Gasteiger partial charge >= 0.3 is 0 Å². The molecule has 3 heterocycles. The number of ether oxygens (including phenoxy) is 1. The Labute approximate surface area is 138 Å². The van der Waals surface area contributed by atoms with Gasteiger partial charge in [0, 0.05) is 35.6 Å². The van der Waals surface area contributed by atoms with E-state index < -0.39 is 0 Å². The Morgan fingerprint density at radius 1 is 1.09 bits per heavy atom. The molecule has 0 atom stereocenters. The van der Waals surface area contributed by atoms with Crippen LogP contribution in [-0.2, 0) is 4.74 Å². The van der Waals surface area contributed by atoms with Crippen molar-refractivity contribution in [1.29, 1.82) is 0 Å². The maximum Gasteiger partial charge on any atom is 0.164 e. The summed E-state index contributed by atoms with van der Waals surface area (Å²) in [7, 11) is 0. The van der Waals surface area contributed by atoms with Gasteiger partial charge in [-0.05, 0) is 30.3 Å². The molecule has 3 aromatic rings. The average Bonchev–Trinajstić information content (AvgIpc) is 3.07. The van der Waals surface area contributed by atoms with Crippen molar-refractivity contribution in [2.24, 2.45) is 0 Å². The number of anilines is 2. The highest BCUT2D eigenvalue weighted by Crippen LogP contribution is 2.35. The number of nitrogen functional groups attached to an aromatic ring is 1. The van der Waals surface area contributed by atoms with Crippen LogP contribution < -0.4 is 10.6 Å². The van der Waals surface area contributed by atoms with Crippen molar-refractivity contribution in [3.63, 3.8) is 0 Å². The third kappa shape index (κ3) is 2.50. The molecule has 23 heavy (non-hydrogen) atoms. The zero-order chi connectivity index (χ0) is 15.8. The van der Waals surface area contributed by atoms with Crippen molar-refractivity contribution in [1.82, 2.24) is 14.6 Å². The van der Waals surface area contributed by atoms with Crippen LogP contribution >= 0.6 is 11.6 Å². The van der Waals surface area contributed by atoms with E-state index in [0.717, 1.165) is 48.8 Å². The first kappa shape index (κ1) is 14.3. The lowest BCUT2D eigenvalue weighted by atomic mass is 10.0. The van der Waals surface area contributed by atoms with Gasteiger partial charge in [0.25, 0.3) is 0 Å². The Hall–Kier alpha value is -2.31. The topological polar surface area (TPSA) is 68.7 Å². The largest absolute Gasteiger partial charge is 0.399 e. The summed E-state index contributed by atoms with van der Waals surface area (Å²) in [4.78, 5) is 6.66. The molecule has 7 heteroatoms. The highest BCUT2D eigenvalue weighted by molar-refractivity contribution is 6.29. The predicted octanol–water partition coefficient (Wildman–Crippen LogP) is 2.47. The molecular formula is C16H16ClN5O. The molecule has 6 nitrogen and oxygen atoms in total. The van der Waals surface area contributed by atoms with Crippen LogP contribution in [0.25, 0.3) is 16.8 Å². The van der Waals surface area contributed by atoms with Crippen LogP contribution in [0.15, 0.2) is 36.7 Å². The molecule has 0 saturated carbocycles. The van der Waals surface area contributed by atoms with Gasteiger partial charge in [0.15, 0.2) is 5.65 Å². The van der Waals surface area contributed by atoms with E-state index in [1.807, 2.05) is 24.3 Å². The molecule has 1 saturated heterocycles. The summed E-state index contributed by atoms with van der Waals surface area (Å²) >= 11 is 6.19. The second-order valence-corrected chi connectivity index (χ2v) is 5.83. The quantitative estimate of drug-likeness (QED) is 0.578. The minimum atomic E-state index is 0.526. The molecule has 0 aliphatic carbocycles. The number of fused-ring (bicyclic) bond motifs is 1. The van der Waals surface area contributed by atoms with Crippen LogP contribution in [0.4, 0.5) is 11.4 Å². The number of morpholine rings is 1. The number of aromatic nitrogens is 3. The van der Waals surface area contributed by atoms with Crippen molar-refractivity contribution in [2.45, 2.75) is 0 Å². The third-order valence-electron chi connectivity index (χ3n) is 4.04. The Morgan fingerprint density at radius 2 is 1.91 bits per heavy atom. The van der Waals surface area contributed by atoms with E-state index in [1.54, 1.807) is 4.52 Å². The monoisotopic (exact) mass is 329 g/mol. The lowest BCUT2D eigenvalue weighted by molar-refractivity contribution is 0.123. The van der Waals surface area contributed by atoms with Gasteiger partial charge in [-0.25, -0.2) is 9.50 Å². The van der Waals surface area contributed by atoms with Crippen molar-refractivity contribution < 1.29 is 4.74 Å². The molecule has 2 aromatic heterocycles. The standard InChI is InChI=1S/C16H16ClN5O/c17-15-4-2-12(16-19-10-20-22(15)16)13-9-11(18)1-3-14(13)21-5-7-23-8-6-21/h1-4,9-10H,5-8,18H2. The van der Waals surface area contributed by atoms with Crippen LogP contribution in [0.1, 0.15) is 0 Å². The Bertz CT molecular complexity index is 857. The van der Waals surface area contributed by atoms with Gasteiger partial charge in [0.1, 0.15) is 11.5 Å². The van der Waals surface area contributed by atoms with Gasteiger partial charge in [-0.3, -0.25) is 0 Å². The fourth-order valence-electron chi connectivity index (χ4n) is 2.94. The predicted molar refractivity (Wildman–Crippen MR) is 90.9 cm³/mol. The Morgan fingerprint density at radius 3 is 2.74 bits per heavy atom.